The third-order valence-electron chi connectivity index (χ3n) is 21.0. The Morgan fingerprint density at radius 1 is 0.552 bits per heavy atom. The molecule has 26 heteroatoms. The highest BCUT2D eigenvalue weighted by molar-refractivity contribution is 5.99. The zero-order chi connectivity index (χ0) is 84.9. The van der Waals surface area contributed by atoms with Crippen LogP contribution in [0, 0.1) is 23.7 Å². The summed E-state index contributed by atoms with van der Waals surface area (Å²) in [5.41, 5.74) is 9.85. The average Bonchev–Trinajstić information content (AvgIpc) is 1.61. The van der Waals surface area contributed by atoms with E-state index in [1.54, 1.807) is 117 Å². The van der Waals surface area contributed by atoms with Crippen molar-refractivity contribution >= 4 is 70.7 Å². The Hall–Kier alpha value is -11.4. The Morgan fingerprint density at radius 2 is 0.966 bits per heavy atom. The predicted octanol–water partition coefficient (Wildman–Crippen LogP) is 9.95. The van der Waals surface area contributed by atoms with Crippen LogP contribution in [-0.4, -0.2) is 134 Å². The number of amides is 9. The first kappa shape index (κ1) is 93.4. The second-order valence-corrected chi connectivity index (χ2v) is 30.7. The van der Waals surface area contributed by atoms with Gasteiger partial charge in [-0.2, -0.15) is 0 Å². The van der Waals surface area contributed by atoms with Gasteiger partial charge in [-0.1, -0.05) is 200 Å². The lowest BCUT2D eigenvalue weighted by Crippen LogP contribution is -2.55. The van der Waals surface area contributed by atoms with E-state index in [1.807, 2.05) is 66.7 Å². The smallest absolute Gasteiger partial charge is 0.408 e. The molecule has 0 bridgehead atoms. The van der Waals surface area contributed by atoms with Crippen molar-refractivity contribution in [2.45, 2.75) is 205 Å². The molecule has 9 atom stereocenters. The van der Waals surface area contributed by atoms with Crippen LogP contribution in [0.1, 0.15) is 210 Å². The summed E-state index contributed by atoms with van der Waals surface area (Å²) in [7, 11) is 1.75. The number of hydrogen-bond donors (Lipinski definition) is 13. The first-order valence-electron chi connectivity index (χ1n) is 40.6. The average molecular weight is 1600 g/mol. The van der Waals surface area contributed by atoms with Gasteiger partial charge >= 0.3 is 6.09 Å². The van der Waals surface area contributed by atoms with Gasteiger partial charge in [0.25, 0.3) is 0 Å². The molecule has 5 aromatic carbocycles. The molecule has 116 heavy (non-hydrogen) atoms. The van der Waals surface area contributed by atoms with Gasteiger partial charge in [-0.15, -0.1) is 6.58 Å². The largest absolute Gasteiger partial charge is 0.449 e. The van der Waals surface area contributed by atoms with E-state index in [9.17, 15) is 57.5 Å². The van der Waals surface area contributed by atoms with Crippen molar-refractivity contribution < 1.29 is 62.3 Å². The van der Waals surface area contributed by atoms with E-state index < -0.39 is 82.8 Å². The van der Waals surface area contributed by atoms with Crippen LogP contribution < -0.4 is 69.5 Å². The van der Waals surface area contributed by atoms with Crippen LogP contribution in [0.2, 0.25) is 0 Å². The lowest BCUT2D eigenvalue weighted by Gasteiger charge is -2.32. The number of alkyl carbamates (subject to hydrolysis) is 1. The summed E-state index contributed by atoms with van der Waals surface area (Å²) < 4.78 is 5.62. The molecule has 9 amide bonds. The van der Waals surface area contributed by atoms with Crippen molar-refractivity contribution in [3.8, 4) is 11.1 Å². The van der Waals surface area contributed by atoms with Crippen molar-refractivity contribution in [2.24, 2.45) is 29.4 Å². The molecule has 2 fully saturated rings. The van der Waals surface area contributed by atoms with E-state index in [0.29, 0.717) is 126 Å². The number of nitrogens with one attached hydrogen (secondary N) is 12. The number of hydrogen-bond acceptors (Lipinski definition) is 17. The minimum absolute atomic E-state index is 0.0233. The van der Waals surface area contributed by atoms with Crippen LogP contribution in [0.5, 0.6) is 0 Å². The molecule has 26 nitrogen and oxygen atoms in total. The number of benzene rings is 5. The molecule has 0 aromatic heterocycles. The van der Waals surface area contributed by atoms with E-state index in [2.05, 4.69) is 108 Å². The van der Waals surface area contributed by atoms with Crippen molar-refractivity contribution in [3.63, 3.8) is 0 Å². The van der Waals surface area contributed by atoms with Crippen molar-refractivity contribution in [3.05, 3.63) is 205 Å². The second kappa shape index (κ2) is 47.4. The highest BCUT2D eigenvalue weighted by atomic mass is 16.5. The van der Waals surface area contributed by atoms with Crippen LogP contribution in [0.4, 0.5) is 4.79 Å². The molecule has 14 N–H and O–H groups in total. The summed E-state index contributed by atoms with van der Waals surface area (Å²) in [6.45, 7) is 26.9. The molecule has 2 heterocycles. The Balaban J connectivity index is 0.000000274. The van der Waals surface area contributed by atoms with Crippen LogP contribution in [-0.2, 0) is 57.5 Å². The van der Waals surface area contributed by atoms with Crippen LogP contribution >= 0.6 is 0 Å². The van der Waals surface area contributed by atoms with Gasteiger partial charge in [-0.3, -0.25) is 52.7 Å². The molecule has 0 radical (unpaired) electrons. The topological polar surface area (TPSA) is 384 Å². The van der Waals surface area contributed by atoms with E-state index in [0.717, 1.165) is 16.7 Å². The maximum atomic E-state index is 13.8. The van der Waals surface area contributed by atoms with E-state index in [1.165, 1.54) is 11.1 Å². The monoisotopic (exact) mass is 1590 g/mol. The molecule has 3 aliphatic rings. The zero-order valence-electron chi connectivity index (χ0n) is 69.0. The van der Waals surface area contributed by atoms with Crippen molar-refractivity contribution in [1.29, 1.82) is 0 Å². The van der Waals surface area contributed by atoms with Gasteiger partial charge < -0.3 is 74.3 Å². The number of nitrogens with two attached hydrogens (primary N) is 1. The van der Waals surface area contributed by atoms with E-state index >= 15 is 0 Å². The number of fused-ring (bicyclic) bond motifs is 3. The van der Waals surface area contributed by atoms with E-state index in [-0.39, 0.29) is 91.0 Å². The predicted molar refractivity (Wildman–Crippen MR) is 450 cm³/mol. The Bertz CT molecular complexity index is 4110. The fourth-order valence-electron chi connectivity index (χ4n) is 13.8. The Kier molecular flexibility index (Phi) is 38.2. The summed E-state index contributed by atoms with van der Waals surface area (Å²) in [6, 6.07) is 39.0. The van der Waals surface area contributed by atoms with Crippen LogP contribution in [0.15, 0.2) is 177 Å². The summed E-state index contributed by atoms with van der Waals surface area (Å²) in [5.74, 6) is -4.88. The molecular formula is C90H123N13O13. The molecule has 2 saturated heterocycles. The summed E-state index contributed by atoms with van der Waals surface area (Å²) in [6.07, 6.45) is 7.08. The highest BCUT2D eigenvalue weighted by Crippen LogP contribution is 2.44. The number of Topliss-reactive ketones (excluding diaryl/α,β-unsaturated/α-hetero) is 3. The van der Waals surface area contributed by atoms with Crippen molar-refractivity contribution in [1.82, 2.24) is 63.8 Å². The molecule has 2 aliphatic heterocycles. The van der Waals surface area contributed by atoms with Gasteiger partial charge in [0.2, 0.25) is 47.3 Å². The van der Waals surface area contributed by atoms with Crippen LogP contribution in [0.25, 0.3) is 11.1 Å². The van der Waals surface area contributed by atoms with Crippen LogP contribution in [0.3, 0.4) is 0 Å². The number of carbonyl (C=O) groups is 12. The highest BCUT2D eigenvalue weighted by Gasteiger charge is 2.41. The first-order valence-corrected chi connectivity index (χ1v) is 40.6. The first-order chi connectivity index (χ1) is 55.5. The SMILES string of the molecule is C=C(N)NCCC[C@@H]1CC(=O)[C@@](C)(NC(=O)C(C)C)CCCCNC(=O)[C@H](c2ccccc2)NC(=O)[C@H](CC)NC1=O.C=C(NC)NCCC[C@@H]1CC(=O)[C@@](C)(NC(=O)C(C)C)CCCCNC(=O)[C@H](c2ccccc2)NC(=O)[C@H](CC)NC1=O.C=CCCC(=O)[C@@H](NC(=O)OCC1c2ccccc2-c2ccccc21)c1ccccc1. The zero-order valence-corrected chi connectivity index (χ0v) is 69.0. The standard InChI is InChI=1S/C32H50N6O5.C31H48N6O5.C27H25NO3/c1-7-25-30(42)37-27(23-14-9-8-10-15-23)31(43)35-18-12-11-17-32(5,38-28(40)21(2)3)26(39)20-24(29(41)36-25)16-13-19-34-22(4)33-6;1-6-24-29(41)36-26(22-13-8-7-9-14-22)30(42)34-17-11-10-16-31(5,37-27(39)20(2)3)25(38)19-23(28(40)35-24)15-12-18-33-21(4)32;1-2-3-17-25(29)26(19-11-5-4-6-12-19)28-27(30)31-18-24-22-15-9-7-13-20(22)21-14-8-10-16-23(21)24/h8-10,14-15,21,24-25,27,33-34H,4,7,11-13,16-20H2,1-3,5-6H3,(H,35,43)(H,36,41)(H,37,42)(H,38,40);7-9,13-14,20,23-24,26,33H,4,6,10-12,15-19,32H2,1-3,5H3,(H,34,42)(H,35,40)(H,36,41)(H,37,39);2,4-16,24,26H,1,3,17-18H2,(H,28,30)/t24-,25+,27+,32+;23-,24+,26+,31+;26-/m110/s1. The van der Waals surface area contributed by atoms with Gasteiger partial charge in [0.05, 0.1) is 22.7 Å². The Morgan fingerprint density at radius 3 is 1.37 bits per heavy atom. The minimum atomic E-state index is -1.20. The fourth-order valence-corrected chi connectivity index (χ4v) is 13.8. The van der Waals surface area contributed by atoms with Gasteiger partial charge in [0.15, 0.2) is 17.3 Å². The fraction of sp³-hybridized carbons (Fsp3) is 0.467. The number of ketones is 3. The molecule has 626 valence electrons. The van der Waals surface area contributed by atoms with E-state index in [4.69, 9.17) is 10.5 Å². The van der Waals surface area contributed by atoms with Gasteiger partial charge in [-0.05, 0) is 136 Å². The lowest BCUT2D eigenvalue weighted by molar-refractivity contribution is -0.137. The molecular weight excluding hydrogens is 1470 g/mol. The number of allylic oxidation sites excluding steroid dienone is 1. The summed E-state index contributed by atoms with van der Waals surface area (Å²) in [4.78, 5) is 159. The van der Waals surface area contributed by atoms with Gasteiger partial charge in [0.1, 0.15) is 36.8 Å². The third kappa shape index (κ3) is 28.8. The maximum absolute atomic E-state index is 13.8. The molecule has 0 saturated carbocycles. The number of rotatable bonds is 27. The maximum Gasteiger partial charge on any atom is 0.408 e. The molecule has 1 aliphatic carbocycles. The molecule has 0 unspecified atom stereocenters. The quantitative estimate of drug-likeness (QED) is 0.0172. The summed E-state index contributed by atoms with van der Waals surface area (Å²) >= 11 is 0. The Labute approximate surface area is 683 Å². The molecule has 8 rings (SSSR count). The normalized spacial score (nSPS) is 21.5. The molecule has 5 aromatic rings. The summed E-state index contributed by atoms with van der Waals surface area (Å²) in [5, 5.41) is 34.6. The molecule has 0 spiro atoms. The third-order valence-corrected chi connectivity index (χ3v) is 21.0. The lowest BCUT2D eigenvalue weighted by atomic mass is 9.83. The number of ether oxygens (including phenoxy) is 1. The van der Waals surface area contributed by atoms with Crippen molar-refractivity contribution in [2.75, 3.05) is 39.8 Å². The van der Waals surface area contributed by atoms with Gasteiger partial charge in [0, 0.05) is 82.1 Å². The second-order valence-electron chi connectivity index (χ2n) is 30.7. The number of carbonyl (C=O) groups excluding carboxylic acids is 12. The minimum Gasteiger partial charge on any atom is -0.449 e. The van der Waals surface area contributed by atoms with Gasteiger partial charge in [-0.25, -0.2) is 4.79 Å².